The van der Waals surface area contributed by atoms with Crippen molar-refractivity contribution < 1.29 is 0 Å². The Balaban J connectivity index is 0.00000135. The highest BCUT2D eigenvalue weighted by molar-refractivity contribution is 8.06. The van der Waals surface area contributed by atoms with Crippen LogP contribution in [0.2, 0.25) is 0 Å². The van der Waals surface area contributed by atoms with E-state index < -0.39 is 10.8 Å². The third kappa shape index (κ3) is 7.25. The van der Waals surface area contributed by atoms with Crippen molar-refractivity contribution in [3.05, 3.63) is 340 Å². The van der Waals surface area contributed by atoms with Crippen LogP contribution < -0.4 is 0 Å². The van der Waals surface area contributed by atoms with Gasteiger partial charge < -0.3 is 0 Å². The Labute approximate surface area is 427 Å². The highest BCUT2D eigenvalue weighted by Crippen LogP contribution is 2.68. The Morgan fingerprint density at radius 2 is 1.01 bits per heavy atom. The van der Waals surface area contributed by atoms with Gasteiger partial charge in [-0.05, 0) is 101 Å². The monoisotopic (exact) mass is 941 g/mol. The first-order valence-corrected chi connectivity index (χ1v) is 25.0. The molecule has 1 heterocycles. The number of aliphatic imine (C=N–C) groups is 3. The lowest BCUT2D eigenvalue weighted by Crippen LogP contribution is -2.43. The molecule has 0 saturated heterocycles. The Morgan fingerprint density at radius 3 is 1.67 bits per heavy atom. The van der Waals surface area contributed by atoms with E-state index in [1.807, 2.05) is 24.3 Å². The molecule has 12 rings (SSSR count). The van der Waals surface area contributed by atoms with E-state index in [-0.39, 0.29) is 0 Å². The average molecular weight is 942 g/mol. The number of rotatable bonds is 5. The third-order valence-corrected chi connectivity index (χ3v) is 15.4. The molecule has 0 saturated carbocycles. The van der Waals surface area contributed by atoms with Gasteiger partial charge in [0.25, 0.3) is 0 Å². The minimum atomic E-state index is -0.757. The Kier molecular flexibility index (Phi) is 12.2. The summed E-state index contributed by atoms with van der Waals surface area (Å²) in [6.45, 7) is 20.3. The Morgan fingerprint density at radius 1 is 0.486 bits per heavy atom. The summed E-state index contributed by atoms with van der Waals surface area (Å²) in [7, 11) is 0. The molecular weight excluding hydrogens is 891 g/mol. The summed E-state index contributed by atoms with van der Waals surface area (Å²) >= 11 is 1.77. The standard InChI is InChI=1S/C64H45N3S.C4H6/c1-42-21-17-18-40-68-60-50(39-38-43(42)2)59-51(61(65-3)67-62(66-41-44-22-5-4-6-23-44)49-29-19-25-45-24-7-8-26-46(45)49)30-20-37-58(59)64(60)56-35-15-13-33-54(56)63(55-34-14-16-36-57(55)64)52-31-11-9-27-47(52)48-28-10-12-32-53(48)63;1-3-4-2/h4-40H,1-3,41H2;3-4H,1-2H2/b21-17-,39-38-,40-18-,66-62?,67-61?;. The van der Waals surface area contributed by atoms with Gasteiger partial charge in [0.05, 0.1) is 17.4 Å². The summed E-state index contributed by atoms with van der Waals surface area (Å²) in [5.41, 5.74) is 16.7. The van der Waals surface area contributed by atoms with Gasteiger partial charge in [-0.1, -0.05) is 257 Å². The van der Waals surface area contributed by atoms with Gasteiger partial charge in [-0.15, -0.1) is 11.8 Å². The quantitative estimate of drug-likeness (QED) is 0.0962. The van der Waals surface area contributed by atoms with Gasteiger partial charge in [-0.2, -0.15) is 0 Å². The molecule has 344 valence electrons. The normalized spacial score (nSPS) is 16.9. The second kappa shape index (κ2) is 19.2. The van der Waals surface area contributed by atoms with Gasteiger partial charge in [0.1, 0.15) is 0 Å². The van der Waals surface area contributed by atoms with E-state index in [0.29, 0.717) is 18.2 Å². The van der Waals surface area contributed by atoms with Crippen LogP contribution in [0.4, 0.5) is 0 Å². The molecule has 0 N–H and O–H groups in total. The van der Waals surface area contributed by atoms with Crippen LogP contribution in [0.25, 0.3) is 27.5 Å². The van der Waals surface area contributed by atoms with Gasteiger partial charge >= 0.3 is 0 Å². The molecular formula is C68H51N3S. The first-order valence-electron chi connectivity index (χ1n) is 24.2. The topological polar surface area (TPSA) is 37.1 Å². The molecule has 0 fully saturated rings. The van der Waals surface area contributed by atoms with Crippen LogP contribution >= 0.6 is 11.8 Å². The van der Waals surface area contributed by atoms with Crippen LogP contribution in [0, 0.1) is 0 Å². The first kappa shape index (κ1) is 45.7. The minimum absolute atomic E-state index is 0.450. The molecule has 0 bridgehead atoms. The van der Waals surface area contributed by atoms with E-state index in [1.165, 1.54) is 49.4 Å². The summed E-state index contributed by atoms with van der Waals surface area (Å²) in [4.78, 5) is 16.8. The predicted molar refractivity (Wildman–Crippen MR) is 307 cm³/mol. The molecule has 8 aromatic rings. The van der Waals surface area contributed by atoms with Crippen molar-refractivity contribution in [1.82, 2.24) is 0 Å². The van der Waals surface area contributed by atoms with Crippen molar-refractivity contribution in [2.75, 3.05) is 0 Å². The summed E-state index contributed by atoms with van der Waals surface area (Å²) in [5.74, 6) is 1.08. The number of hydrogen-bond donors (Lipinski definition) is 0. The highest BCUT2D eigenvalue weighted by Gasteiger charge is 2.59. The van der Waals surface area contributed by atoms with Crippen LogP contribution in [0.15, 0.2) is 293 Å². The van der Waals surface area contributed by atoms with Crippen molar-refractivity contribution in [3.8, 4) is 11.1 Å². The maximum atomic E-state index is 5.49. The second-order valence-electron chi connectivity index (χ2n) is 18.1. The zero-order valence-electron chi connectivity index (χ0n) is 40.0. The van der Waals surface area contributed by atoms with E-state index in [1.54, 1.807) is 23.9 Å². The van der Waals surface area contributed by atoms with E-state index in [0.717, 1.165) is 55.3 Å². The fourth-order valence-electron chi connectivity index (χ4n) is 11.4. The second-order valence-corrected chi connectivity index (χ2v) is 19.0. The minimum Gasteiger partial charge on any atom is -0.261 e. The predicted octanol–water partition coefficient (Wildman–Crippen LogP) is 16.5. The van der Waals surface area contributed by atoms with E-state index in [2.05, 4.69) is 233 Å². The van der Waals surface area contributed by atoms with E-state index in [9.17, 15) is 0 Å². The molecule has 0 unspecified atom stereocenters. The van der Waals surface area contributed by atoms with Crippen LogP contribution in [-0.2, 0) is 17.4 Å². The van der Waals surface area contributed by atoms with Crippen molar-refractivity contribution >= 4 is 46.5 Å². The summed E-state index contributed by atoms with van der Waals surface area (Å²) < 4.78 is 0. The average Bonchev–Trinajstić information content (AvgIpc) is 3.88. The molecule has 8 aromatic carbocycles. The number of fused-ring (bicyclic) bond motifs is 16. The number of nitrogens with zero attached hydrogens (tertiary/aromatic N) is 3. The summed E-state index contributed by atoms with van der Waals surface area (Å²) in [5, 5.41) is 4.39. The zero-order chi connectivity index (χ0) is 49.2. The molecule has 4 heteroatoms. The lowest BCUT2D eigenvalue weighted by molar-refractivity contribution is 0.638. The Hall–Kier alpha value is -8.70. The van der Waals surface area contributed by atoms with Gasteiger partial charge in [0, 0.05) is 16.0 Å². The molecule has 1 aliphatic heterocycles. The van der Waals surface area contributed by atoms with Crippen molar-refractivity contribution in [2.24, 2.45) is 15.0 Å². The van der Waals surface area contributed by atoms with Crippen LogP contribution in [0.3, 0.4) is 0 Å². The number of amidine groups is 2. The molecule has 0 radical (unpaired) electrons. The molecule has 3 aliphatic carbocycles. The van der Waals surface area contributed by atoms with Crippen LogP contribution in [-0.4, -0.2) is 18.4 Å². The van der Waals surface area contributed by atoms with Crippen LogP contribution in [0.5, 0.6) is 0 Å². The number of thioether (sulfide) groups is 1. The maximum Gasteiger partial charge on any atom is 0.161 e. The fourth-order valence-corrected chi connectivity index (χ4v) is 12.5. The summed E-state index contributed by atoms with van der Waals surface area (Å²) in [6, 6.07) is 68.0. The number of benzene rings is 8. The lowest BCUT2D eigenvalue weighted by atomic mass is 9.53. The third-order valence-electron chi connectivity index (χ3n) is 14.3. The largest absolute Gasteiger partial charge is 0.261 e. The molecule has 4 aliphatic rings. The number of allylic oxidation sites excluding steroid dienone is 11. The van der Waals surface area contributed by atoms with Gasteiger partial charge in [0.15, 0.2) is 11.7 Å². The van der Waals surface area contributed by atoms with Gasteiger partial charge in [0.2, 0.25) is 0 Å². The van der Waals surface area contributed by atoms with Gasteiger partial charge in [-0.25, -0.2) is 9.98 Å². The molecule has 2 spiro atoms. The van der Waals surface area contributed by atoms with E-state index in [4.69, 9.17) is 15.0 Å². The fraction of sp³-hybridized carbons (Fsp3) is 0.0441. The van der Waals surface area contributed by atoms with Crippen molar-refractivity contribution in [2.45, 2.75) is 17.4 Å². The Bertz CT molecular complexity index is 3640. The molecule has 72 heavy (non-hydrogen) atoms. The SMILES string of the molecule is C=CC=C.C=NC(=NC(=NCc1ccccc1)c1cccc2ccccc12)c1cccc2c1C1=C(S/C=C\C=C/C(=C)C(=C)/C=C\1)C21c2ccccc2C2(c3ccccc3-c3ccccc32)c2ccccc21. The maximum absolute atomic E-state index is 5.49. The van der Waals surface area contributed by atoms with Gasteiger partial charge in [-0.3, -0.25) is 4.99 Å². The molecule has 0 amide bonds. The molecule has 3 nitrogen and oxygen atoms in total. The number of hydrogen-bond acceptors (Lipinski definition) is 2. The van der Waals surface area contributed by atoms with Crippen molar-refractivity contribution in [1.29, 1.82) is 0 Å². The smallest absolute Gasteiger partial charge is 0.161 e. The van der Waals surface area contributed by atoms with E-state index >= 15 is 0 Å². The lowest BCUT2D eigenvalue weighted by Gasteiger charge is -2.49. The van der Waals surface area contributed by atoms with Crippen LogP contribution in [0.1, 0.15) is 61.2 Å². The zero-order valence-corrected chi connectivity index (χ0v) is 40.8. The molecule has 0 aromatic heterocycles. The first-order chi connectivity index (χ1) is 35.5. The molecule has 0 atom stereocenters. The summed E-state index contributed by atoms with van der Waals surface area (Å²) in [6.07, 6.45) is 13.8. The highest BCUT2D eigenvalue weighted by atomic mass is 32.2. The van der Waals surface area contributed by atoms with Crippen molar-refractivity contribution in [3.63, 3.8) is 0 Å².